The number of hydrogen-bond acceptors (Lipinski definition) is 3. The molecule has 3 nitrogen and oxygen atoms in total. The molecule has 0 radical (unpaired) electrons. The van der Waals surface area contributed by atoms with Crippen molar-refractivity contribution in [3.05, 3.63) is 64.5 Å². The number of aromatic nitrogens is 1. The molecule has 3 aromatic rings. The van der Waals surface area contributed by atoms with E-state index >= 15 is 0 Å². The molecule has 1 heterocycles. The van der Waals surface area contributed by atoms with Crippen LogP contribution in [0, 0.1) is 6.92 Å². The van der Waals surface area contributed by atoms with Gasteiger partial charge in [-0.05, 0) is 42.3 Å². The molecular formula is C16H15ClN2O. The minimum absolute atomic E-state index is 0.180. The molecule has 0 saturated carbocycles. The van der Waals surface area contributed by atoms with Crippen molar-refractivity contribution in [1.82, 2.24) is 4.98 Å². The second-order valence-corrected chi connectivity index (χ2v) is 5.38. The van der Waals surface area contributed by atoms with Gasteiger partial charge < -0.3 is 10.2 Å². The predicted molar refractivity (Wildman–Crippen MR) is 80.8 cm³/mol. The summed E-state index contributed by atoms with van der Waals surface area (Å²) < 4.78 is 5.70. The summed E-state index contributed by atoms with van der Waals surface area (Å²) in [7, 11) is 0. The fourth-order valence-corrected chi connectivity index (χ4v) is 2.59. The van der Waals surface area contributed by atoms with Gasteiger partial charge in [0.15, 0.2) is 11.5 Å². The molecular weight excluding hydrogens is 272 g/mol. The van der Waals surface area contributed by atoms with Crippen LogP contribution in [0.25, 0.3) is 11.1 Å². The SMILES string of the molecule is Cc1cc(Cl)cc(C(N)Cc2nc3ccccc3o2)c1. The summed E-state index contributed by atoms with van der Waals surface area (Å²) in [5.74, 6) is 0.649. The lowest BCUT2D eigenvalue weighted by molar-refractivity contribution is 0.502. The zero-order chi connectivity index (χ0) is 14.1. The molecule has 20 heavy (non-hydrogen) atoms. The Hall–Kier alpha value is -1.84. The first-order valence-corrected chi connectivity index (χ1v) is 6.87. The molecule has 0 fully saturated rings. The quantitative estimate of drug-likeness (QED) is 0.791. The smallest absolute Gasteiger partial charge is 0.197 e. The molecule has 102 valence electrons. The van der Waals surface area contributed by atoms with Crippen molar-refractivity contribution in [2.75, 3.05) is 0 Å². The van der Waals surface area contributed by atoms with Crippen LogP contribution >= 0.6 is 11.6 Å². The topological polar surface area (TPSA) is 52.0 Å². The predicted octanol–water partition coefficient (Wildman–Crippen LogP) is 4.03. The highest BCUT2D eigenvalue weighted by Gasteiger charge is 2.13. The molecule has 4 heteroatoms. The number of oxazole rings is 1. The van der Waals surface area contributed by atoms with Gasteiger partial charge in [0.05, 0.1) is 0 Å². The first-order valence-electron chi connectivity index (χ1n) is 6.49. The highest BCUT2D eigenvalue weighted by molar-refractivity contribution is 6.30. The molecule has 0 aliphatic carbocycles. The van der Waals surface area contributed by atoms with Gasteiger partial charge in [0.2, 0.25) is 0 Å². The van der Waals surface area contributed by atoms with Crippen LogP contribution in [0.3, 0.4) is 0 Å². The van der Waals surface area contributed by atoms with E-state index in [0.717, 1.165) is 22.2 Å². The summed E-state index contributed by atoms with van der Waals surface area (Å²) in [6.07, 6.45) is 0.550. The van der Waals surface area contributed by atoms with Gasteiger partial charge in [-0.2, -0.15) is 0 Å². The minimum Gasteiger partial charge on any atom is -0.441 e. The number of aryl methyl sites for hydroxylation is 1. The number of fused-ring (bicyclic) bond motifs is 1. The van der Waals surface area contributed by atoms with E-state index < -0.39 is 0 Å². The third kappa shape index (κ3) is 2.69. The van der Waals surface area contributed by atoms with Crippen molar-refractivity contribution < 1.29 is 4.42 Å². The van der Waals surface area contributed by atoms with Gasteiger partial charge in [-0.3, -0.25) is 0 Å². The van der Waals surface area contributed by atoms with Crippen molar-refractivity contribution in [3.8, 4) is 0 Å². The third-order valence-electron chi connectivity index (χ3n) is 3.23. The van der Waals surface area contributed by atoms with Gasteiger partial charge in [-0.1, -0.05) is 29.8 Å². The van der Waals surface area contributed by atoms with Crippen LogP contribution in [0.2, 0.25) is 5.02 Å². The second-order valence-electron chi connectivity index (χ2n) is 4.95. The number of rotatable bonds is 3. The molecule has 2 aromatic carbocycles. The molecule has 3 rings (SSSR count). The maximum atomic E-state index is 6.23. The van der Waals surface area contributed by atoms with Crippen LogP contribution < -0.4 is 5.73 Å². The monoisotopic (exact) mass is 286 g/mol. The minimum atomic E-state index is -0.180. The first-order chi connectivity index (χ1) is 9.61. The summed E-state index contributed by atoms with van der Waals surface area (Å²) in [5.41, 5.74) is 9.97. The highest BCUT2D eigenvalue weighted by atomic mass is 35.5. The van der Waals surface area contributed by atoms with E-state index in [-0.39, 0.29) is 6.04 Å². The molecule has 1 atom stereocenters. The fourth-order valence-electron chi connectivity index (χ4n) is 2.29. The standard InChI is InChI=1S/C16H15ClN2O/c1-10-6-11(8-12(17)7-10)13(18)9-16-19-14-4-2-3-5-15(14)20-16/h2-8,13H,9,18H2,1H3. The van der Waals surface area contributed by atoms with E-state index in [9.17, 15) is 0 Å². The van der Waals surface area contributed by atoms with Crippen molar-refractivity contribution in [2.24, 2.45) is 5.73 Å². The Morgan fingerprint density at radius 2 is 2.05 bits per heavy atom. The van der Waals surface area contributed by atoms with Crippen LogP contribution in [0.15, 0.2) is 46.9 Å². The number of hydrogen-bond donors (Lipinski definition) is 1. The second kappa shape index (κ2) is 5.27. The number of halogens is 1. The number of para-hydroxylation sites is 2. The van der Waals surface area contributed by atoms with Gasteiger partial charge in [0.1, 0.15) is 5.52 Å². The molecule has 0 amide bonds. The maximum Gasteiger partial charge on any atom is 0.197 e. The van der Waals surface area contributed by atoms with E-state index in [4.69, 9.17) is 21.8 Å². The van der Waals surface area contributed by atoms with Crippen molar-refractivity contribution in [3.63, 3.8) is 0 Å². The number of nitrogens with zero attached hydrogens (tertiary/aromatic N) is 1. The first kappa shape index (κ1) is 13.2. The Bertz CT molecular complexity index is 698. The Balaban J connectivity index is 1.86. The Morgan fingerprint density at radius 3 is 2.80 bits per heavy atom. The van der Waals surface area contributed by atoms with Crippen molar-refractivity contribution in [1.29, 1.82) is 0 Å². The van der Waals surface area contributed by atoms with Crippen LogP contribution in [-0.4, -0.2) is 4.98 Å². The summed E-state index contributed by atoms with van der Waals surface area (Å²) in [5, 5.41) is 0.702. The molecule has 0 bridgehead atoms. The van der Waals surface area contributed by atoms with Gasteiger partial charge >= 0.3 is 0 Å². The van der Waals surface area contributed by atoms with Crippen LogP contribution in [0.4, 0.5) is 0 Å². The molecule has 1 aromatic heterocycles. The van der Waals surface area contributed by atoms with Gasteiger partial charge in [0.25, 0.3) is 0 Å². The normalized spacial score (nSPS) is 12.8. The third-order valence-corrected chi connectivity index (χ3v) is 3.44. The molecule has 0 aliphatic rings. The van der Waals surface area contributed by atoms with E-state index in [1.54, 1.807) is 0 Å². The van der Waals surface area contributed by atoms with E-state index in [1.807, 2.05) is 49.4 Å². The van der Waals surface area contributed by atoms with Gasteiger partial charge in [-0.15, -0.1) is 0 Å². The Kier molecular flexibility index (Phi) is 3.47. The summed E-state index contributed by atoms with van der Waals surface area (Å²) in [6, 6.07) is 13.4. The van der Waals surface area contributed by atoms with Crippen LogP contribution in [0.5, 0.6) is 0 Å². The number of nitrogens with two attached hydrogens (primary N) is 1. The highest BCUT2D eigenvalue weighted by Crippen LogP contribution is 2.23. The van der Waals surface area contributed by atoms with Gasteiger partial charge in [0, 0.05) is 17.5 Å². The fraction of sp³-hybridized carbons (Fsp3) is 0.188. The zero-order valence-corrected chi connectivity index (χ0v) is 11.9. The van der Waals surface area contributed by atoms with E-state index in [1.165, 1.54) is 0 Å². The van der Waals surface area contributed by atoms with E-state index in [2.05, 4.69) is 4.98 Å². The zero-order valence-electron chi connectivity index (χ0n) is 11.1. The molecule has 0 aliphatic heterocycles. The summed E-state index contributed by atoms with van der Waals surface area (Å²) >= 11 is 6.07. The number of benzene rings is 2. The average molecular weight is 287 g/mol. The molecule has 2 N–H and O–H groups in total. The Labute approximate surface area is 122 Å². The van der Waals surface area contributed by atoms with E-state index in [0.29, 0.717) is 17.3 Å². The van der Waals surface area contributed by atoms with Crippen molar-refractivity contribution in [2.45, 2.75) is 19.4 Å². The van der Waals surface area contributed by atoms with Crippen LogP contribution in [0.1, 0.15) is 23.1 Å². The lowest BCUT2D eigenvalue weighted by atomic mass is 10.0. The average Bonchev–Trinajstić information content (AvgIpc) is 2.79. The molecule has 0 spiro atoms. The molecule has 0 saturated heterocycles. The van der Waals surface area contributed by atoms with Gasteiger partial charge in [-0.25, -0.2) is 4.98 Å². The summed E-state index contributed by atoms with van der Waals surface area (Å²) in [4.78, 5) is 4.44. The lowest BCUT2D eigenvalue weighted by Gasteiger charge is -2.11. The lowest BCUT2D eigenvalue weighted by Crippen LogP contribution is -2.13. The largest absolute Gasteiger partial charge is 0.441 e. The molecule has 1 unspecified atom stereocenters. The summed E-state index contributed by atoms with van der Waals surface area (Å²) in [6.45, 7) is 2.00. The maximum absolute atomic E-state index is 6.23. The Morgan fingerprint density at radius 1 is 1.25 bits per heavy atom. The van der Waals surface area contributed by atoms with Crippen LogP contribution in [-0.2, 0) is 6.42 Å². The van der Waals surface area contributed by atoms with Crippen molar-refractivity contribution >= 4 is 22.7 Å².